The van der Waals surface area contributed by atoms with Crippen LogP contribution in [0.3, 0.4) is 0 Å². The molecule has 4 N–H and O–H groups in total. The molecule has 0 amide bonds. The van der Waals surface area contributed by atoms with E-state index in [0.29, 0.717) is 17.3 Å². The molecule has 0 aliphatic rings. The Hall–Kier alpha value is -2.41. The molecule has 0 saturated heterocycles. The SMILES string of the molecule is COc1cc(Nc2cc(NN)ncn2)ccc1F. The lowest BCUT2D eigenvalue weighted by atomic mass is 10.3. The van der Waals surface area contributed by atoms with Crippen LogP contribution in [0, 0.1) is 5.82 Å². The molecule has 0 unspecified atom stereocenters. The van der Waals surface area contributed by atoms with E-state index in [0.717, 1.165) is 0 Å². The fourth-order valence-corrected chi connectivity index (χ4v) is 1.39. The zero-order valence-electron chi connectivity index (χ0n) is 9.64. The van der Waals surface area contributed by atoms with Crippen molar-refractivity contribution in [1.82, 2.24) is 9.97 Å². The summed E-state index contributed by atoms with van der Waals surface area (Å²) in [7, 11) is 1.41. The summed E-state index contributed by atoms with van der Waals surface area (Å²) < 4.78 is 18.1. The summed E-state index contributed by atoms with van der Waals surface area (Å²) >= 11 is 0. The van der Waals surface area contributed by atoms with Gasteiger partial charge in [-0.15, -0.1) is 0 Å². The summed E-state index contributed by atoms with van der Waals surface area (Å²) in [6.07, 6.45) is 1.36. The Morgan fingerprint density at radius 3 is 2.72 bits per heavy atom. The highest BCUT2D eigenvalue weighted by Crippen LogP contribution is 2.23. The highest BCUT2D eigenvalue weighted by molar-refractivity contribution is 5.60. The topological polar surface area (TPSA) is 85.1 Å². The fourth-order valence-electron chi connectivity index (χ4n) is 1.39. The van der Waals surface area contributed by atoms with Crippen LogP contribution in [-0.2, 0) is 0 Å². The first kappa shape index (κ1) is 12.1. The number of hydrazine groups is 1. The summed E-state index contributed by atoms with van der Waals surface area (Å²) in [5, 5.41) is 2.99. The van der Waals surface area contributed by atoms with E-state index in [9.17, 15) is 4.39 Å². The van der Waals surface area contributed by atoms with Crippen LogP contribution in [-0.4, -0.2) is 17.1 Å². The molecule has 0 atom stereocenters. The molecule has 1 aromatic heterocycles. The maximum Gasteiger partial charge on any atom is 0.165 e. The standard InChI is InChI=1S/C11H12FN5O/c1-18-9-4-7(2-3-8(9)12)16-10-5-11(17-13)15-6-14-10/h2-6H,13H2,1H3,(H2,14,15,16,17). The molecule has 1 heterocycles. The van der Waals surface area contributed by atoms with Crippen LogP contribution >= 0.6 is 0 Å². The second kappa shape index (κ2) is 5.28. The predicted molar refractivity (Wildman–Crippen MR) is 66.1 cm³/mol. The maximum atomic E-state index is 13.2. The molecule has 94 valence electrons. The molecule has 0 saturated carbocycles. The van der Waals surface area contributed by atoms with E-state index in [1.165, 1.54) is 25.6 Å². The first-order valence-corrected chi connectivity index (χ1v) is 5.12. The third kappa shape index (κ3) is 2.64. The number of hydrogen-bond donors (Lipinski definition) is 3. The van der Waals surface area contributed by atoms with E-state index in [2.05, 4.69) is 20.7 Å². The molecule has 0 spiro atoms. The van der Waals surface area contributed by atoms with E-state index in [-0.39, 0.29) is 5.75 Å². The Kier molecular flexibility index (Phi) is 3.54. The molecule has 0 aliphatic heterocycles. The number of rotatable bonds is 4. The van der Waals surface area contributed by atoms with Gasteiger partial charge in [0.25, 0.3) is 0 Å². The van der Waals surface area contributed by atoms with Crippen molar-refractivity contribution in [2.75, 3.05) is 17.9 Å². The van der Waals surface area contributed by atoms with Gasteiger partial charge in [0.1, 0.15) is 18.0 Å². The Balaban J connectivity index is 2.22. The molecule has 0 bridgehead atoms. The number of hydrogen-bond acceptors (Lipinski definition) is 6. The molecule has 0 fully saturated rings. The smallest absolute Gasteiger partial charge is 0.165 e. The Bertz CT molecular complexity index is 549. The molecule has 0 aliphatic carbocycles. The van der Waals surface area contributed by atoms with E-state index in [1.54, 1.807) is 12.1 Å². The van der Waals surface area contributed by atoms with E-state index in [4.69, 9.17) is 10.6 Å². The van der Waals surface area contributed by atoms with Crippen molar-refractivity contribution in [3.05, 3.63) is 36.4 Å². The molecular weight excluding hydrogens is 237 g/mol. The maximum absolute atomic E-state index is 13.2. The number of aromatic nitrogens is 2. The number of nitrogens with one attached hydrogen (secondary N) is 2. The fraction of sp³-hybridized carbons (Fsp3) is 0.0909. The van der Waals surface area contributed by atoms with Crippen LogP contribution in [0.4, 0.5) is 21.7 Å². The number of methoxy groups -OCH3 is 1. The van der Waals surface area contributed by atoms with E-state index >= 15 is 0 Å². The molecule has 6 nitrogen and oxygen atoms in total. The van der Waals surface area contributed by atoms with E-state index in [1.807, 2.05) is 0 Å². The zero-order valence-corrected chi connectivity index (χ0v) is 9.64. The minimum Gasteiger partial charge on any atom is -0.494 e. The van der Waals surface area contributed by atoms with Crippen molar-refractivity contribution in [2.45, 2.75) is 0 Å². The number of anilines is 3. The number of nitrogen functional groups attached to an aromatic ring is 1. The third-order valence-electron chi connectivity index (χ3n) is 2.24. The lowest BCUT2D eigenvalue weighted by Gasteiger charge is -2.08. The van der Waals surface area contributed by atoms with Crippen molar-refractivity contribution in [1.29, 1.82) is 0 Å². The minimum atomic E-state index is -0.421. The van der Waals surface area contributed by atoms with Crippen LogP contribution in [0.25, 0.3) is 0 Å². The van der Waals surface area contributed by atoms with Crippen LogP contribution in [0.2, 0.25) is 0 Å². The van der Waals surface area contributed by atoms with Crippen LogP contribution < -0.4 is 21.3 Å². The van der Waals surface area contributed by atoms with Crippen molar-refractivity contribution >= 4 is 17.3 Å². The van der Waals surface area contributed by atoms with Gasteiger partial charge in [0.15, 0.2) is 11.6 Å². The van der Waals surface area contributed by atoms with Gasteiger partial charge in [-0.3, -0.25) is 0 Å². The summed E-state index contributed by atoms with van der Waals surface area (Å²) in [4.78, 5) is 7.88. The number of halogens is 1. The number of nitrogens with two attached hydrogens (primary N) is 1. The van der Waals surface area contributed by atoms with Gasteiger partial charge in [0.2, 0.25) is 0 Å². The van der Waals surface area contributed by atoms with Gasteiger partial charge in [-0.2, -0.15) is 0 Å². The highest BCUT2D eigenvalue weighted by atomic mass is 19.1. The van der Waals surface area contributed by atoms with Gasteiger partial charge < -0.3 is 15.5 Å². The Morgan fingerprint density at radius 2 is 2.00 bits per heavy atom. The van der Waals surface area contributed by atoms with Crippen LogP contribution in [0.5, 0.6) is 5.75 Å². The Morgan fingerprint density at radius 1 is 1.22 bits per heavy atom. The molecule has 2 aromatic rings. The lowest BCUT2D eigenvalue weighted by molar-refractivity contribution is 0.387. The summed E-state index contributed by atoms with van der Waals surface area (Å²) in [6, 6.07) is 6.04. The van der Waals surface area contributed by atoms with Gasteiger partial charge >= 0.3 is 0 Å². The van der Waals surface area contributed by atoms with Gasteiger partial charge in [-0.1, -0.05) is 0 Å². The number of ether oxygens (including phenoxy) is 1. The first-order chi connectivity index (χ1) is 8.72. The van der Waals surface area contributed by atoms with E-state index < -0.39 is 5.82 Å². The number of benzene rings is 1. The number of nitrogens with zero attached hydrogens (tertiary/aromatic N) is 2. The largest absolute Gasteiger partial charge is 0.494 e. The molecule has 0 radical (unpaired) electrons. The van der Waals surface area contributed by atoms with Crippen LogP contribution in [0.15, 0.2) is 30.6 Å². The summed E-state index contributed by atoms with van der Waals surface area (Å²) in [5.74, 6) is 5.98. The summed E-state index contributed by atoms with van der Waals surface area (Å²) in [6.45, 7) is 0. The normalized spacial score (nSPS) is 9.94. The van der Waals surface area contributed by atoms with Crippen molar-refractivity contribution in [3.8, 4) is 5.75 Å². The van der Waals surface area contributed by atoms with Crippen molar-refractivity contribution < 1.29 is 9.13 Å². The average Bonchev–Trinajstić information content (AvgIpc) is 2.41. The quantitative estimate of drug-likeness (QED) is 0.564. The first-order valence-electron chi connectivity index (χ1n) is 5.12. The second-order valence-electron chi connectivity index (χ2n) is 3.41. The predicted octanol–water partition coefficient (Wildman–Crippen LogP) is 1.65. The minimum absolute atomic E-state index is 0.159. The molecule has 18 heavy (non-hydrogen) atoms. The summed E-state index contributed by atoms with van der Waals surface area (Å²) in [5.41, 5.74) is 3.06. The second-order valence-corrected chi connectivity index (χ2v) is 3.41. The molecule has 1 aromatic carbocycles. The lowest BCUT2D eigenvalue weighted by Crippen LogP contribution is -2.09. The monoisotopic (exact) mass is 249 g/mol. The Labute approximate surface area is 103 Å². The van der Waals surface area contributed by atoms with Crippen LogP contribution in [0.1, 0.15) is 0 Å². The van der Waals surface area contributed by atoms with Gasteiger partial charge in [-0.05, 0) is 12.1 Å². The zero-order chi connectivity index (χ0) is 13.0. The van der Waals surface area contributed by atoms with Gasteiger partial charge in [0.05, 0.1) is 7.11 Å². The third-order valence-corrected chi connectivity index (χ3v) is 2.24. The molecule has 7 heteroatoms. The molecule has 2 rings (SSSR count). The molecular formula is C11H12FN5O. The van der Waals surface area contributed by atoms with Crippen molar-refractivity contribution in [2.24, 2.45) is 5.84 Å². The highest BCUT2D eigenvalue weighted by Gasteiger charge is 2.04. The van der Waals surface area contributed by atoms with Crippen molar-refractivity contribution in [3.63, 3.8) is 0 Å². The average molecular weight is 249 g/mol. The van der Waals surface area contributed by atoms with Gasteiger partial charge in [-0.25, -0.2) is 20.2 Å². The van der Waals surface area contributed by atoms with Gasteiger partial charge in [0, 0.05) is 17.8 Å².